The highest BCUT2D eigenvalue weighted by Gasteiger charge is 2.15. The third-order valence-corrected chi connectivity index (χ3v) is 2.69. The number of hydrogen-bond donors (Lipinski definition) is 2. The summed E-state index contributed by atoms with van der Waals surface area (Å²) >= 11 is 3.15. The Hall–Kier alpha value is -1.51. The Labute approximate surface area is 118 Å². The van der Waals surface area contributed by atoms with Crippen LogP contribution in [0, 0.1) is 10.1 Å². The monoisotopic (exact) mass is 331 g/mol. The van der Waals surface area contributed by atoms with E-state index in [0.29, 0.717) is 17.6 Å². The number of nitro benzene ring substituents is 1. The second-order valence-electron chi connectivity index (χ2n) is 3.64. The summed E-state index contributed by atoms with van der Waals surface area (Å²) in [5.41, 5.74) is 0.0198. The molecule has 8 heteroatoms. The highest BCUT2D eigenvalue weighted by Crippen LogP contribution is 2.27. The van der Waals surface area contributed by atoms with Crippen molar-refractivity contribution in [3.05, 3.63) is 32.8 Å². The van der Waals surface area contributed by atoms with E-state index in [1.807, 2.05) is 0 Å². The molecule has 0 saturated heterocycles. The number of anilines is 1. The molecule has 0 fully saturated rings. The van der Waals surface area contributed by atoms with E-state index in [9.17, 15) is 14.9 Å². The SMILES string of the molecule is COCCNCC(=O)Nc1ccc(Br)cc1[N+](=O)[O-]. The number of nitrogens with one attached hydrogen (secondary N) is 2. The van der Waals surface area contributed by atoms with Crippen molar-refractivity contribution in [2.75, 3.05) is 32.1 Å². The molecule has 7 nitrogen and oxygen atoms in total. The molecular weight excluding hydrogens is 318 g/mol. The summed E-state index contributed by atoms with van der Waals surface area (Å²) in [6.45, 7) is 1.09. The van der Waals surface area contributed by atoms with Gasteiger partial charge in [-0.25, -0.2) is 0 Å². The van der Waals surface area contributed by atoms with Crippen LogP contribution in [0.1, 0.15) is 0 Å². The van der Waals surface area contributed by atoms with Crippen LogP contribution < -0.4 is 10.6 Å². The molecule has 1 aromatic rings. The Morgan fingerprint density at radius 3 is 2.89 bits per heavy atom. The van der Waals surface area contributed by atoms with Crippen LogP contribution in [0.3, 0.4) is 0 Å². The lowest BCUT2D eigenvalue weighted by Gasteiger charge is -2.07. The first-order chi connectivity index (χ1) is 9.04. The number of rotatable bonds is 7. The number of benzene rings is 1. The maximum atomic E-state index is 11.6. The number of amides is 1. The average molecular weight is 332 g/mol. The lowest BCUT2D eigenvalue weighted by atomic mass is 10.2. The Morgan fingerprint density at radius 2 is 2.26 bits per heavy atom. The van der Waals surface area contributed by atoms with Gasteiger partial charge in [-0.3, -0.25) is 14.9 Å². The second kappa shape index (κ2) is 7.82. The predicted octanol–water partition coefficient (Wildman–Crippen LogP) is 1.53. The molecule has 1 amide bonds. The van der Waals surface area contributed by atoms with Gasteiger partial charge in [-0.05, 0) is 12.1 Å². The third kappa shape index (κ3) is 5.33. The fraction of sp³-hybridized carbons (Fsp3) is 0.364. The minimum absolute atomic E-state index is 0.0660. The topological polar surface area (TPSA) is 93.5 Å². The van der Waals surface area contributed by atoms with Crippen LogP contribution >= 0.6 is 15.9 Å². The Balaban J connectivity index is 2.61. The molecule has 0 spiro atoms. The van der Waals surface area contributed by atoms with Crippen molar-refractivity contribution < 1.29 is 14.5 Å². The summed E-state index contributed by atoms with van der Waals surface area (Å²) in [6, 6.07) is 4.45. The van der Waals surface area contributed by atoms with Crippen molar-refractivity contribution >= 4 is 33.2 Å². The van der Waals surface area contributed by atoms with Gasteiger partial charge in [-0.1, -0.05) is 15.9 Å². The first kappa shape index (κ1) is 15.5. The van der Waals surface area contributed by atoms with Crippen LogP contribution in [-0.2, 0) is 9.53 Å². The fourth-order valence-corrected chi connectivity index (χ4v) is 1.68. The van der Waals surface area contributed by atoms with Gasteiger partial charge in [0.2, 0.25) is 5.91 Å². The molecule has 0 aliphatic carbocycles. The largest absolute Gasteiger partial charge is 0.383 e. The highest BCUT2D eigenvalue weighted by atomic mass is 79.9. The lowest BCUT2D eigenvalue weighted by molar-refractivity contribution is -0.384. The highest BCUT2D eigenvalue weighted by molar-refractivity contribution is 9.10. The number of ether oxygens (including phenoxy) is 1. The van der Waals surface area contributed by atoms with E-state index in [-0.39, 0.29) is 23.8 Å². The van der Waals surface area contributed by atoms with Crippen LogP contribution in [0.2, 0.25) is 0 Å². The molecule has 0 radical (unpaired) electrons. The number of nitro groups is 1. The first-order valence-electron chi connectivity index (χ1n) is 5.48. The smallest absolute Gasteiger partial charge is 0.293 e. The molecule has 0 bridgehead atoms. The van der Waals surface area contributed by atoms with Gasteiger partial charge in [0.1, 0.15) is 5.69 Å². The molecule has 0 aliphatic rings. The van der Waals surface area contributed by atoms with Crippen molar-refractivity contribution in [3.63, 3.8) is 0 Å². The third-order valence-electron chi connectivity index (χ3n) is 2.20. The summed E-state index contributed by atoms with van der Waals surface area (Å²) in [5, 5.41) is 16.2. The molecule has 1 rings (SSSR count). The lowest BCUT2D eigenvalue weighted by Crippen LogP contribution is -2.30. The standard InChI is InChI=1S/C11H14BrN3O4/c1-19-5-4-13-7-11(16)14-9-3-2-8(12)6-10(9)15(17)18/h2-3,6,13H,4-5,7H2,1H3,(H,14,16). The van der Waals surface area contributed by atoms with Crippen LogP contribution in [0.25, 0.3) is 0 Å². The minimum Gasteiger partial charge on any atom is -0.383 e. The Bertz CT molecular complexity index is 467. The fourth-order valence-electron chi connectivity index (χ4n) is 1.33. The van der Waals surface area contributed by atoms with Crippen molar-refractivity contribution in [2.24, 2.45) is 0 Å². The van der Waals surface area contributed by atoms with Gasteiger partial charge in [0.25, 0.3) is 5.69 Å². The van der Waals surface area contributed by atoms with Gasteiger partial charge in [0.05, 0.1) is 18.1 Å². The van der Waals surface area contributed by atoms with Crippen LogP contribution in [0.4, 0.5) is 11.4 Å². The molecule has 0 aromatic heterocycles. The van der Waals surface area contributed by atoms with E-state index in [1.54, 1.807) is 13.2 Å². The van der Waals surface area contributed by atoms with Gasteiger partial charge in [0.15, 0.2) is 0 Å². The summed E-state index contributed by atoms with van der Waals surface area (Å²) < 4.78 is 5.40. The van der Waals surface area contributed by atoms with Crippen LogP contribution in [0.5, 0.6) is 0 Å². The zero-order chi connectivity index (χ0) is 14.3. The molecule has 104 valence electrons. The molecule has 1 aromatic carbocycles. The van der Waals surface area contributed by atoms with Gasteiger partial charge in [0, 0.05) is 24.2 Å². The quantitative estimate of drug-likeness (QED) is 0.449. The van der Waals surface area contributed by atoms with E-state index in [2.05, 4.69) is 26.6 Å². The van der Waals surface area contributed by atoms with E-state index in [0.717, 1.165) is 0 Å². The summed E-state index contributed by atoms with van der Waals surface area (Å²) in [6.07, 6.45) is 0. The van der Waals surface area contributed by atoms with Gasteiger partial charge < -0.3 is 15.4 Å². The minimum atomic E-state index is -0.543. The number of halogens is 1. The Morgan fingerprint density at radius 1 is 1.53 bits per heavy atom. The van der Waals surface area contributed by atoms with Crippen molar-refractivity contribution in [1.82, 2.24) is 5.32 Å². The zero-order valence-electron chi connectivity index (χ0n) is 10.3. The van der Waals surface area contributed by atoms with Gasteiger partial charge >= 0.3 is 0 Å². The predicted molar refractivity (Wildman–Crippen MR) is 74.2 cm³/mol. The van der Waals surface area contributed by atoms with Crippen molar-refractivity contribution in [3.8, 4) is 0 Å². The van der Waals surface area contributed by atoms with E-state index in [4.69, 9.17) is 4.74 Å². The summed E-state index contributed by atoms with van der Waals surface area (Å²) in [4.78, 5) is 21.9. The number of carbonyl (C=O) groups is 1. The zero-order valence-corrected chi connectivity index (χ0v) is 11.9. The molecule has 0 heterocycles. The van der Waals surface area contributed by atoms with E-state index in [1.165, 1.54) is 12.1 Å². The number of hydrogen-bond acceptors (Lipinski definition) is 5. The van der Waals surface area contributed by atoms with Crippen molar-refractivity contribution in [1.29, 1.82) is 0 Å². The summed E-state index contributed by atoms with van der Waals surface area (Å²) in [5.74, 6) is -0.346. The van der Waals surface area contributed by atoms with E-state index < -0.39 is 4.92 Å². The molecule has 0 atom stereocenters. The van der Waals surface area contributed by atoms with Crippen LogP contribution in [-0.4, -0.2) is 37.6 Å². The normalized spacial score (nSPS) is 10.2. The second-order valence-corrected chi connectivity index (χ2v) is 4.55. The molecular formula is C11H14BrN3O4. The average Bonchev–Trinajstić information content (AvgIpc) is 2.36. The maximum Gasteiger partial charge on any atom is 0.293 e. The van der Waals surface area contributed by atoms with Gasteiger partial charge in [-0.15, -0.1) is 0 Å². The number of methoxy groups -OCH3 is 1. The maximum absolute atomic E-state index is 11.6. The van der Waals surface area contributed by atoms with E-state index >= 15 is 0 Å². The first-order valence-corrected chi connectivity index (χ1v) is 6.27. The Kier molecular flexibility index (Phi) is 6.40. The molecule has 0 unspecified atom stereocenters. The van der Waals surface area contributed by atoms with Crippen molar-refractivity contribution in [2.45, 2.75) is 0 Å². The number of carbonyl (C=O) groups excluding carboxylic acids is 1. The molecule has 0 aliphatic heterocycles. The summed E-state index contributed by atoms with van der Waals surface area (Å²) in [7, 11) is 1.56. The molecule has 2 N–H and O–H groups in total. The molecule has 0 saturated carbocycles. The molecule has 19 heavy (non-hydrogen) atoms. The van der Waals surface area contributed by atoms with Gasteiger partial charge in [-0.2, -0.15) is 0 Å². The number of nitrogens with zero attached hydrogens (tertiary/aromatic N) is 1. The van der Waals surface area contributed by atoms with Crippen LogP contribution in [0.15, 0.2) is 22.7 Å².